The van der Waals surface area contributed by atoms with Crippen molar-refractivity contribution in [3.8, 4) is 0 Å². The molecular formula is C20H15N3O5. The summed E-state index contributed by atoms with van der Waals surface area (Å²) in [6.07, 6.45) is 0. The molecule has 0 aromatic heterocycles. The quantitative estimate of drug-likeness (QED) is 0.435. The highest BCUT2D eigenvalue weighted by atomic mass is 16.6. The Morgan fingerprint density at radius 3 is 2.21 bits per heavy atom. The summed E-state index contributed by atoms with van der Waals surface area (Å²) in [5.41, 5.74) is 0.838. The van der Waals surface area contributed by atoms with Gasteiger partial charge in [0.2, 0.25) is 0 Å². The number of carbonyl (C=O) groups excluding carboxylic acids is 1. The second-order valence-electron chi connectivity index (χ2n) is 5.78. The fourth-order valence-electron chi connectivity index (χ4n) is 2.59. The van der Waals surface area contributed by atoms with Crippen molar-refractivity contribution in [2.75, 3.05) is 10.6 Å². The first-order chi connectivity index (χ1) is 13.5. The Morgan fingerprint density at radius 1 is 0.857 bits per heavy atom. The lowest BCUT2D eigenvalue weighted by Gasteiger charge is -2.13. The summed E-state index contributed by atoms with van der Waals surface area (Å²) in [6.45, 7) is 0. The molecular weight excluding hydrogens is 362 g/mol. The van der Waals surface area contributed by atoms with Crippen LogP contribution in [0.3, 0.4) is 0 Å². The number of aromatic carboxylic acids is 1. The first kappa shape index (κ1) is 18.6. The summed E-state index contributed by atoms with van der Waals surface area (Å²) in [5, 5.41) is 25.8. The molecule has 8 heteroatoms. The van der Waals surface area contributed by atoms with Crippen molar-refractivity contribution in [2.24, 2.45) is 0 Å². The standard InChI is InChI=1S/C20H15N3O5/c24-19(22-18-11-10-14(23(27)28)12-16(18)20(25)26)15-8-4-5-9-17(15)21-13-6-2-1-3-7-13/h1-12,21H,(H,22,24)(H,25,26). The molecule has 3 aromatic rings. The predicted molar refractivity (Wildman–Crippen MR) is 104 cm³/mol. The molecule has 0 saturated carbocycles. The van der Waals surface area contributed by atoms with Gasteiger partial charge in [-0.1, -0.05) is 30.3 Å². The van der Waals surface area contributed by atoms with Crippen LogP contribution in [0.4, 0.5) is 22.7 Å². The molecule has 0 fully saturated rings. The van der Waals surface area contributed by atoms with Crippen LogP contribution in [0.25, 0.3) is 0 Å². The van der Waals surface area contributed by atoms with Crippen LogP contribution in [-0.4, -0.2) is 21.9 Å². The van der Waals surface area contributed by atoms with E-state index in [2.05, 4.69) is 10.6 Å². The van der Waals surface area contributed by atoms with E-state index in [0.717, 1.165) is 17.8 Å². The zero-order valence-corrected chi connectivity index (χ0v) is 14.5. The van der Waals surface area contributed by atoms with Crippen LogP contribution < -0.4 is 10.6 Å². The minimum absolute atomic E-state index is 0.0300. The number of nitrogens with zero attached hydrogens (tertiary/aromatic N) is 1. The number of anilines is 3. The number of carboxylic acid groups (broad SMARTS) is 1. The number of carboxylic acids is 1. The lowest BCUT2D eigenvalue weighted by Crippen LogP contribution is -2.16. The van der Waals surface area contributed by atoms with E-state index in [9.17, 15) is 24.8 Å². The van der Waals surface area contributed by atoms with Crippen LogP contribution in [0.1, 0.15) is 20.7 Å². The minimum Gasteiger partial charge on any atom is -0.478 e. The second kappa shape index (κ2) is 8.00. The number of carbonyl (C=O) groups is 2. The van der Waals surface area contributed by atoms with Gasteiger partial charge in [0.25, 0.3) is 11.6 Å². The number of nitro groups is 1. The third-order valence-corrected chi connectivity index (χ3v) is 3.92. The van der Waals surface area contributed by atoms with E-state index in [0.29, 0.717) is 11.3 Å². The van der Waals surface area contributed by atoms with E-state index in [1.807, 2.05) is 30.3 Å². The molecule has 0 radical (unpaired) electrons. The Kier molecular flexibility index (Phi) is 5.31. The minimum atomic E-state index is -1.38. The number of benzene rings is 3. The van der Waals surface area contributed by atoms with Gasteiger partial charge in [0, 0.05) is 17.8 Å². The molecule has 0 saturated heterocycles. The first-order valence-corrected chi connectivity index (χ1v) is 8.20. The number of amides is 1. The molecule has 0 aliphatic carbocycles. The second-order valence-corrected chi connectivity index (χ2v) is 5.78. The average molecular weight is 377 g/mol. The SMILES string of the molecule is O=C(O)c1cc([N+](=O)[O-])ccc1NC(=O)c1ccccc1Nc1ccccc1. The molecule has 0 aliphatic heterocycles. The highest BCUT2D eigenvalue weighted by Gasteiger charge is 2.19. The van der Waals surface area contributed by atoms with Crippen LogP contribution >= 0.6 is 0 Å². The molecule has 3 rings (SSSR count). The van der Waals surface area contributed by atoms with Crippen molar-refractivity contribution in [3.05, 3.63) is 94.0 Å². The molecule has 1 amide bonds. The zero-order valence-electron chi connectivity index (χ0n) is 14.5. The molecule has 8 nitrogen and oxygen atoms in total. The summed E-state index contributed by atoms with van der Waals surface area (Å²) in [6, 6.07) is 19.2. The van der Waals surface area contributed by atoms with Crippen LogP contribution in [-0.2, 0) is 0 Å². The van der Waals surface area contributed by atoms with E-state index in [-0.39, 0.29) is 16.9 Å². The number of rotatable bonds is 6. The Bertz CT molecular complexity index is 1050. The van der Waals surface area contributed by atoms with Crippen molar-refractivity contribution >= 4 is 34.6 Å². The first-order valence-electron chi connectivity index (χ1n) is 8.20. The Morgan fingerprint density at radius 2 is 1.54 bits per heavy atom. The molecule has 3 aromatic carbocycles. The number of nitrogens with one attached hydrogen (secondary N) is 2. The highest BCUT2D eigenvalue weighted by molar-refractivity contribution is 6.11. The van der Waals surface area contributed by atoms with Gasteiger partial charge in [-0.2, -0.15) is 0 Å². The van der Waals surface area contributed by atoms with E-state index in [1.54, 1.807) is 24.3 Å². The van der Waals surface area contributed by atoms with Gasteiger partial charge in [-0.15, -0.1) is 0 Å². The lowest BCUT2D eigenvalue weighted by atomic mass is 10.1. The van der Waals surface area contributed by atoms with Crippen molar-refractivity contribution in [2.45, 2.75) is 0 Å². The number of hydrogen-bond acceptors (Lipinski definition) is 5. The predicted octanol–water partition coefficient (Wildman–Crippen LogP) is 4.29. The van der Waals surface area contributed by atoms with Crippen LogP contribution in [0.5, 0.6) is 0 Å². The third-order valence-electron chi connectivity index (χ3n) is 3.92. The van der Waals surface area contributed by atoms with Gasteiger partial charge in [-0.25, -0.2) is 4.79 Å². The van der Waals surface area contributed by atoms with Gasteiger partial charge < -0.3 is 15.7 Å². The topological polar surface area (TPSA) is 122 Å². The fraction of sp³-hybridized carbons (Fsp3) is 0. The molecule has 3 N–H and O–H groups in total. The smallest absolute Gasteiger partial charge is 0.338 e. The summed E-state index contributed by atoms with van der Waals surface area (Å²) in [5.74, 6) is -1.93. The van der Waals surface area contributed by atoms with Crippen LogP contribution in [0, 0.1) is 10.1 Å². The van der Waals surface area contributed by atoms with Crippen LogP contribution in [0.2, 0.25) is 0 Å². The molecule has 0 aliphatic rings. The summed E-state index contributed by atoms with van der Waals surface area (Å²) in [4.78, 5) is 34.3. The van der Waals surface area contributed by atoms with E-state index in [1.165, 1.54) is 6.07 Å². The van der Waals surface area contributed by atoms with Gasteiger partial charge in [-0.3, -0.25) is 14.9 Å². The van der Waals surface area contributed by atoms with Gasteiger partial charge in [-0.05, 0) is 30.3 Å². The maximum Gasteiger partial charge on any atom is 0.338 e. The molecule has 0 heterocycles. The number of non-ortho nitro benzene ring substituents is 1. The number of hydrogen-bond donors (Lipinski definition) is 3. The largest absolute Gasteiger partial charge is 0.478 e. The molecule has 28 heavy (non-hydrogen) atoms. The van der Waals surface area contributed by atoms with Crippen molar-refractivity contribution in [1.82, 2.24) is 0 Å². The zero-order chi connectivity index (χ0) is 20.1. The van der Waals surface area contributed by atoms with Crippen LogP contribution in [0.15, 0.2) is 72.8 Å². The molecule has 0 spiro atoms. The summed E-state index contributed by atoms with van der Waals surface area (Å²) < 4.78 is 0. The molecule has 140 valence electrons. The van der Waals surface area contributed by atoms with Crippen molar-refractivity contribution in [3.63, 3.8) is 0 Å². The van der Waals surface area contributed by atoms with Crippen molar-refractivity contribution < 1.29 is 19.6 Å². The number of para-hydroxylation sites is 2. The highest BCUT2D eigenvalue weighted by Crippen LogP contribution is 2.25. The van der Waals surface area contributed by atoms with Gasteiger partial charge in [0.05, 0.1) is 27.4 Å². The van der Waals surface area contributed by atoms with Crippen molar-refractivity contribution in [1.29, 1.82) is 0 Å². The fourth-order valence-corrected chi connectivity index (χ4v) is 2.59. The Hall–Kier alpha value is -4.20. The van der Waals surface area contributed by atoms with E-state index in [4.69, 9.17) is 0 Å². The molecule has 0 atom stereocenters. The van der Waals surface area contributed by atoms with E-state index < -0.39 is 16.8 Å². The Balaban J connectivity index is 1.90. The maximum atomic E-state index is 12.7. The van der Waals surface area contributed by atoms with E-state index >= 15 is 0 Å². The number of nitro benzene ring substituents is 1. The average Bonchev–Trinajstić information content (AvgIpc) is 2.69. The van der Waals surface area contributed by atoms with Gasteiger partial charge in [0.15, 0.2) is 0 Å². The Labute approximate surface area is 159 Å². The monoisotopic (exact) mass is 377 g/mol. The molecule has 0 bridgehead atoms. The normalized spacial score (nSPS) is 10.1. The third kappa shape index (κ3) is 4.13. The van der Waals surface area contributed by atoms with Gasteiger partial charge in [0.1, 0.15) is 0 Å². The lowest BCUT2D eigenvalue weighted by molar-refractivity contribution is -0.384. The molecule has 0 unspecified atom stereocenters. The summed E-state index contributed by atoms with van der Waals surface area (Å²) >= 11 is 0. The van der Waals surface area contributed by atoms with Gasteiger partial charge >= 0.3 is 5.97 Å². The summed E-state index contributed by atoms with van der Waals surface area (Å²) in [7, 11) is 0. The maximum absolute atomic E-state index is 12.7.